The first kappa shape index (κ1) is 14.4. The van der Waals surface area contributed by atoms with Crippen LogP contribution in [-0.2, 0) is 4.74 Å². The van der Waals surface area contributed by atoms with Gasteiger partial charge in [-0.3, -0.25) is 0 Å². The zero-order valence-electron chi connectivity index (χ0n) is 13.2. The highest BCUT2D eigenvalue weighted by atomic mass is 16.5. The van der Waals surface area contributed by atoms with Crippen molar-refractivity contribution in [3.8, 4) is 11.1 Å². The number of fused-ring (bicyclic) bond motifs is 2. The molecule has 4 aromatic rings. The van der Waals surface area contributed by atoms with Crippen LogP contribution in [0.25, 0.3) is 32.9 Å². The minimum Gasteiger partial charge on any atom is -0.465 e. The van der Waals surface area contributed by atoms with Gasteiger partial charge in [-0.1, -0.05) is 48.5 Å². The second-order valence-electron chi connectivity index (χ2n) is 5.63. The Labute approximate surface area is 139 Å². The van der Waals surface area contributed by atoms with Gasteiger partial charge >= 0.3 is 5.97 Å². The summed E-state index contributed by atoms with van der Waals surface area (Å²) in [5, 5.41) is 2.23. The number of methoxy groups -OCH3 is 1. The second-order valence-corrected chi connectivity index (χ2v) is 5.63. The fourth-order valence-electron chi connectivity index (χ4n) is 2.94. The summed E-state index contributed by atoms with van der Waals surface area (Å²) in [7, 11) is 1.38. The van der Waals surface area contributed by atoms with Crippen molar-refractivity contribution in [3.05, 3.63) is 78.4 Å². The minimum atomic E-state index is -0.330. The minimum absolute atomic E-state index is 0.330. The number of para-hydroxylation sites is 2. The van der Waals surface area contributed by atoms with Gasteiger partial charge in [0.2, 0.25) is 0 Å². The van der Waals surface area contributed by atoms with Crippen molar-refractivity contribution in [3.63, 3.8) is 0 Å². The van der Waals surface area contributed by atoms with Crippen molar-refractivity contribution in [2.24, 2.45) is 0 Å². The molecule has 0 amide bonds. The Morgan fingerprint density at radius 1 is 0.875 bits per heavy atom. The van der Waals surface area contributed by atoms with Crippen LogP contribution in [0, 0.1) is 0 Å². The Balaban J connectivity index is 1.89. The smallest absolute Gasteiger partial charge is 0.337 e. The zero-order chi connectivity index (χ0) is 16.5. The van der Waals surface area contributed by atoms with Gasteiger partial charge in [-0.05, 0) is 29.8 Å². The Kier molecular flexibility index (Phi) is 3.47. The van der Waals surface area contributed by atoms with Crippen molar-refractivity contribution in [2.75, 3.05) is 7.11 Å². The third-order valence-electron chi connectivity index (χ3n) is 4.16. The van der Waals surface area contributed by atoms with E-state index in [0.29, 0.717) is 5.56 Å². The highest BCUT2D eigenvalue weighted by Crippen LogP contribution is 2.29. The molecule has 0 aliphatic heterocycles. The number of rotatable bonds is 2. The summed E-state index contributed by atoms with van der Waals surface area (Å²) < 4.78 is 4.75. The molecule has 24 heavy (non-hydrogen) atoms. The maximum absolute atomic E-state index is 11.6. The number of hydrogen-bond donors (Lipinski definition) is 0. The molecule has 0 bridgehead atoms. The third-order valence-corrected chi connectivity index (χ3v) is 4.16. The van der Waals surface area contributed by atoms with E-state index in [0.717, 1.165) is 32.9 Å². The van der Waals surface area contributed by atoms with Crippen LogP contribution in [-0.4, -0.2) is 18.1 Å². The van der Waals surface area contributed by atoms with Gasteiger partial charge in [0.15, 0.2) is 0 Å². The lowest BCUT2D eigenvalue weighted by Gasteiger charge is -2.08. The molecule has 0 radical (unpaired) electrons. The average Bonchev–Trinajstić information content (AvgIpc) is 2.65. The normalized spacial score (nSPS) is 10.9. The summed E-state index contributed by atoms with van der Waals surface area (Å²) in [6, 6.07) is 23.8. The fraction of sp³-hybridized carbons (Fsp3) is 0.0476. The summed E-state index contributed by atoms with van der Waals surface area (Å²) in [5.74, 6) is -0.330. The molecule has 0 N–H and O–H groups in total. The van der Waals surface area contributed by atoms with E-state index in [4.69, 9.17) is 9.72 Å². The van der Waals surface area contributed by atoms with E-state index in [2.05, 4.69) is 24.3 Å². The van der Waals surface area contributed by atoms with Crippen LogP contribution in [0.1, 0.15) is 10.4 Å². The number of hydrogen-bond acceptors (Lipinski definition) is 3. The van der Waals surface area contributed by atoms with Gasteiger partial charge in [-0.25, -0.2) is 9.78 Å². The zero-order valence-corrected chi connectivity index (χ0v) is 13.2. The lowest BCUT2D eigenvalue weighted by atomic mass is 10.00. The van der Waals surface area contributed by atoms with Gasteiger partial charge in [-0.2, -0.15) is 0 Å². The maximum atomic E-state index is 11.6. The summed E-state index contributed by atoms with van der Waals surface area (Å²) in [6.07, 6.45) is 0. The first-order valence-electron chi connectivity index (χ1n) is 7.73. The van der Waals surface area contributed by atoms with Gasteiger partial charge in [0, 0.05) is 16.3 Å². The number of esters is 1. The fourth-order valence-corrected chi connectivity index (χ4v) is 2.94. The van der Waals surface area contributed by atoms with Crippen LogP contribution in [0.4, 0.5) is 0 Å². The van der Waals surface area contributed by atoms with E-state index in [9.17, 15) is 4.79 Å². The summed E-state index contributed by atoms with van der Waals surface area (Å²) >= 11 is 0. The Morgan fingerprint density at radius 2 is 1.62 bits per heavy atom. The average molecular weight is 313 g/mol. The van der Waals surface area contributed by atoms with Gasteiger partial charge < -0.3 is 4.74 Å². The molecular weight excluding hydrogens is 298 g/mol. The van der Waals surface area contributed by atoms with Crippen LogP contribution in [0.15, 0.2) is 72.8 Å². The van der Waals surface area contributed by atoms with Gasteiger partial charge in [0.25, 0.3) is 0 Å². The summed E-state index contributed by atoms with van der Waals surface area (Å²) in [5.41, 5.74) is 4.55. The standard InChI is InChI=1S/C21H15NO2/c1-24-21(23)15-11-9-14(10-12-15)18-7-4-6-17-13-16-5-2-3-8-19(16)22-20(17)18/h2-13H,1H3. The molecule has 0 saturated carbocycles. The van der Waals surface area contributed by atoms with Crippen LogP contribution < -0.4 is 0 Å². The highest BCUT2D eigenvalue weighted by Gasteiger charge is 2.09. The van der Waals surface area contributed by atoms with Crippen molar-refractivity contribution >= 4 is 27.8 Å². The third kappa shape index (κ3) is 2.40. The molecule has 1 aromatic heterocycles. The molecule has 0 fully saturated rings. The quantitative estimate of drug-likeness (QED) is 0.392. The number of aromatic nitrogens is 1. The molecule has 3 heteroatoms. The predicted octanol–water partition coefficient (Wildman–Crippen LogP) is 4.84. The first-order valence-corrected chi connectivity index (χ1v) is 7.73. The van der Waals surface area contributed by atoms with E-state index >= 15 is 0 Å². The van der Waals surface area contributed by atoms with E-state index in [-0.39, 0.29) is 5.97 Å². The number of ether oxygens (including phenoxy) is 1. The molecular formula is C21H15NO2. The molecule has 1 heterocycles. The van der Waals surface area contributed by atoms with E-state index in [1.165, 1.54) is 7.11 Å². The maximum Gasteiger partial charge on any atom is 0.337 e. The molecule has 0 spiro atoms. The molecule has 0 aliphatic carbocycles. The van der Waals surface area contributed by atoms with E-state index < -0.39 is 0 Å². The molecule has 0 saturated heterocycles. The highest BCUT2D eigenvalue weighted by molar-refractivity contribution is 6.00. The largest absolute Gasteiger partial charge is 0.465 e. The Hall–Kier alpha value is -3.20. The van der Waals surface area contributed by atoms with Gasteiger partial charge in [0.1, 0.15) is 0 Å². The lowest BCUT2D eigenvalue weighted by Crippen LogP contribution is -2.00. The van der Waals surface area contributed by atoms with Crippen molar-refractivity contribution in [1.82, 2.24) is 4.98 Å². The van der Waals surface area contributed by atoms with Crippen molar-refractivity contribution in [1.29, 1.82) is 0 Å². The Bertz CT molecular complexity index is 1050. The first-order chi connectivity index (χ1) is 11.8. The summed E-state index contributed by atoms with van der Waals surface area (Å²) in [4.78, 5) is 16.4. The molecule has 116 valence electrons. The summed E-state index contributed by atoms with van der Waals surface area (Å²) in [6.45, 7) is 0. The topological polar surface area (TPSA) is 39.2 Å². The number of nitrogens with zero attached hydrogens (tertiary/aromatic N) is 1. The van der Waals surface area contributed by atoms with E-state index in [1.54, 1.807) is 12.1 Å². The Morgan fingerprint density at radius 3 is 2.42 bits per heavy atom. The number of carbonyl (C=O) groups is 1. The number of pyridine rings is 1. The van der Waals surface area contributed by atoms with Crippen LogP contribution in [0.2, 0.25) is 0 Å². The molecule has 3 nitrogen and oxygen atoms in total. The van der Waals surface area contributed by atoms with E-state index in [1.807, 2.05) is 36.4 Å². The number of carbonyl (C=O) groups excluding carboxylic acids is 1. The molecule has 0 unspecified atom stereocenters. The lowest BCUT2D eigenvalue weighted by molar-refractivity contribution is 0.0601. The monoisotopic (exact) mass is 313 g/mol. The molecule has 4 rings (SSSR count). The second kappa shape index (κ2) is 5.78. The molecule has 0 aliphatic rings. The molecule has 3 aromatic carbocycles. The van der Waals surface area contributed by atoms with Crippen molar-refractivity contribution in [2.45, 2.75) is 0 Å². The van der Waals surface area contributed by atoms with Crippen LogP contribution in [0.3, 0.4) is 0 Å². The number of benzene rings is 3. The van der Waals surface area contributed by atoms with Gasteiger partial charge in [0.05, 0.1) is 23.7 Å². The molecule has 0 atom stereocenters. The SMILES string of the molecule is COC(=O)c1ccc(-c2cccc3cc4ccccc4nc23)cc1. The predicted molar refractivity (Wildman–Crippen MR) is 96.0 cm³/mol. The van der Waals surface area contributed by atoms with Crippen molar-refractivity contribution < 1.29 is 9.53 Å². The van der Waals surface area contributed by atoms with Crippen LogP contribution >= 0.6 is 0 Å². The van der Waals surface area contributed by atoms with Gasteiger partial charge in [-0.15, -0.1) is 0 Å². The van der Waals surface area contributed by atoms with Crippen LogP contribution in [0.5, 0.6) is 0 Å².